The van der Waals surface area contributed by atoms with Gasteiger partial charge in [-0.25, -0.2) is 0 Å². The number of carboxylic acids is 1. The summed E-state index contributed by atoms with van der Waals surface area (Å²) >= 11 is 0. The lowest BCUT2D eigenvalue weighted by atomic mass is 10.3. The fourth-order valence-electron chi connectivity index (χ4n) is 1.14. The van der Waals surface area contributed by atoms with Crippen molar-refractivity contribution in [2.24, 2.45) is 0 Å². The van der Waals surface area contributed by atoms with Crippen molar-refractivity contribution in [3.8, 4) is 0 Å². The van der Waals surface area contributed by atoms with Gasteiger partial charge in [-0.3, -0.25) is 14.9 Å². The second-order valence-corrected chi connectivity index (χ2v) is 3.81. The van der Waals surface area contributed by atoms with Gasteiger partial charge in [-0.15, -0.1) is 0 Å². The summed E-state index contributed by atoms with van der Waals surface area (Å²) in [4.78, 5) is 23.8. The maximum Gasteiger partial charge on any atom is 0.320 e. The number of nitrogens with zero attached hydrogens (tertiary/aromatic N) is 1. The number of aliphatic carboxylic acids is 1. The third-order valence-corrected chi connectivity index (χ3v) is 2.13. The maximum atomic E-state index is 11.7. The average Bonchev–Trinajstić information content (AvgIpc) is 2.21. The minimum Gasteiger partial charge on any atom is -0.480 e. The molecule has 0 unspecified atom stereocenters. The molecule has 2 N–H and O–H groups in total. The van der Waals surface area contributed by atoms with Crippen LogP contribution in [0.15, 0.2) is 12.2 Å². The van der Waals surface area contributed by atoms with E-state index >= 15 is 0 Å². The number of carboxylic acid groups (broad SMARTS) is 1. The molecule has 0 aromatic rings. The Morgan fingerprint density at radius 1 is 1.50 bits per heavy atom. The van der Waals surface area contributed by atoms with Crippen LogP contribution in [-0.2, 0) is 9.59 Å². The van der Waals surface area contributed by atoms with Crippen LogP contribution in [0, 0.1) is 0 Å². The highest BCUT2D eigenvalue weighted by Gasteiger charge is 2.15. The van der Waals surface area contributed by atoms with Crippen LogP contribution in [0.1, 0.15) is 20.8 Å². The van der Waals surface area contributed by atoms with Crippen molar-refractivity contribution >= 4 is 11.9 Å². The van der Waals surface area contributed by atoms with Crippen LogP contribution in [0.4, 0.5) is 0 Å². The first-order chi connectivity index (χ1) is 7.38. The van der Waals surface area contributed by atoms with E-state index in [0.717, 1.165) is 5.57 Å². The molecule has 0 aliphatic heterocycles. The molecule has 0 spiro atoms. The van der Waals surface area contributed by atoms with Gasteiger partial charge in [-0.05, 0) is 20.8 Å². The fourth-order valence-corrected chi connectivity index (χ4v) is 1.14. The van der Waals surface area contributed by atoms with E-state index in [2.05, 4.69) is 11.9 Å². The van der Waals surface area contributed by atoms with E-state index in [-0.39, 0.29) is 12.5 Å². The van der Waals surface area contributed by atoms with Crippen molar-refractivity contribution in [1.82, 2.24) is 10.2 Å². The molecule has 16 heavy (non-hydrogen) atoms. The standard InChI is InChI=1S/C11H20N2O3/c1-5-13(7-8(2)3)10(14)6-12-9(4)11(15)16/h9,12H,2,5-7H2,1,3-4H3,(H,15,16)/t9-/m0/s1. The molecule has 1 amide bonds. The molecule has 5 heteroatoms. The number of carbonyl (C=O) groups is 2. The minimum absolute atomic E-state index is 0.0363. The van der Waals surface area contributed by atoms with Gasteiger partial charge < -0.3 is 10.0 Å². The van der Waals surface area contributed by atoms with E-state index in [4.69, 9.17) is 5.11 Å². The molecule has 0 bridgehead atoms. The third kappa shape index (κ3) is 5.50. The zero-order valence-corrected chi connectivity index (χ0v) is 10.1. The van der Waals surface area contributed by atoms with E-state index in [1.165, 1.54) is 6.92 Å². The molecule has 0 aromatic heterocycles. The quantitative estimate of drug-likeness (QED) is 0.622. The second-order valence-electron chi connectivity index (χ2n) is 3.81. The second kappa shape index (κ2) is 7.00. The lowest BCUT2D eigenvalue weighted by Gasteiger charge is -2.21. The average molecular weight is 228 g/mol. The van der Waals surface area contributed by atoms with Crippen LogP contribution in [0.3, 0.4) is 0 Å². The van der Waals surface area contributed by atoms with Gasteiger partial charge in [0, 0.05) is 13.1 Å². The summed E-state index contributed by atoms with van der Waals surface area (Å²) in [6.45, 7) is 10.1. The van der Waals surface area contributed by atoms with E-state index in [1.54, 1.807) is 4.90 Å². The fraction of sp³-hybridized carbons (Fsp3) is 0.636. The number of amides is 1. The predicted octanol–water partition coefficient (Wildman–Crippen LogP) is 0.474. The first kappa shape index (κ1) is 14.6. The molecule has 0 radical (unpaired) electrons. The first-order valence-electron chi connectivity index (χ1n) is 5.26. The number of nitrogens with one attached hydrogen (secondary N) is 1. The first-order valence-corrected chi connectivity index (χ1v) is 5.26. The lowest BCUT2D eigenvalue weighted by Crippen LogP contribution is -2.43. The van der Waals surface area contributed by atoms with Gasteiger partial charge in [0.2, 0.25) is 5.91 Å². The molecule has 0 aliphatic carbocycles. The van der Waals surface area contributed by atoms with Gasteiger partial charge in [0.25, 0.3) is 0 Å². The van der Waals surface area contributed by atoms with Crippen molar-refractivity contribution in [2.45, 2.75) is 26.8 Å². The van der Waals surface area contributed by atoms with E-state index < -0.39 is 12.0 Å². The zero-order valence-electron chi connectivity index (χ0n) is 10.1. The van der Waals surface area contributed by atoms with Crippen molar-refractivity contribution in [1.29, 1.82) is 0 Å². The molecule has 0 saturated heterocycles. The zero-order chi connectivity index (χ0) is 12.7. The van der Waals surface area contributed by atoms with Gasteiger partial charge in [-0.2, -0.15) is 0 Å². The molecule has 0 rings (SSSR count). The highest BCUT2D eigenvalue weighted by Crippen LogP contribution is 1.96. The highest BCUT2D eigenvalue weighted by molar-refractivity contribution is 5.80. The van der Waals surface area contributed by atoms with Gasteiger partial charge in [0.1, 0.15) is 6.04 Å². The van der Waals surface area contributed by atoms with E-state index in [9.17, 15) is 9.59 Å². The smallest absolute Gasteiger partial charge is 0.320 e. The van der Waals surface area contributed by atoms with Crippen LogP contribution in [-0.4, -0.2) is 47.6 Å². The molecular weight excluding hydrogens is 208 g/mol. The van der Waals surface area contributed by atoms with E-state index in [0.29, 0.717) is 13.1 Å². The van der Waals surface area contributed by atoms with Crippen LogP contribution in [0.5, 0.6) is 0 Å². The minimum atomic E-state index is -0.962. The summed E-state index contributed by atoms with van der Waals surface area (Å²) in [5, 5.41) is 11.3. The molecule has 0 fully saturated rings. The molecule has 0 aliphatic rings. The summed E-state index contributed by atoms with van der Waals surface area (Å²) in [5.74, 6) is -1.07. The van der Waals surface area contributed by atoms with E-state index in [1.807, 2.05) is 13.8 Å². The molecule has 0 saturated carbocycles. The van der Waals surface area contributed by atoms with Crippen molar-refractivity contribution in [3.63, 3.8) is 0 Å². The van der Waals surface area contributed by atoms with Crippen LogP contribution in [0.2, 0.25) is 0 Å². The molecule has 0 heterocycles. The summed E-state index contributed by atoms with van der Waals surface area (Å²) in [6, 6.07) is -0.715. The van der Waals surface area contributed by atoms with Gasteiger partial charge in [0.15, 0.2) is 0 Å². The normalized spacial score (nSPS) is 11.9. The van der Waals surface area contributed by atoms with Gasteiger partial charge in [-0.1, -0.05) is 12.2 Å². The number of carbonyl (C=O) groups excluding carboxylic acids is 1. The van der Waals surface area contributed by atoms with Crippen LogP contribution >= 0.6 is 0 Å². The summed E-state index contributed by atoms with van der Waals surface area (Å²) in [5.41, 5.74) is 0.904. The number of likely N-dealkylation sites (N-methyl/N-ethyl adjacent to an activating group) is 1. The van der Waals surface area contributed by atoms with Crippen molar-refractivity contribution in [2.75, 3.05) is 19.6 Å². The highest BCUT2D eigenvalue weighted by atomic mass is 16.4. The van der Waals surface area contributed by atoms with Gasteiger partial charge in [0.05, 0.1) is 6.54 Å². The third-order valence-electron chi connectivity index (χ3n) is 2.13. The number of rotatable bonds is 7. The molecule has 0 aromatic carbocycles. The summed E-state index contributed by atoms with van der Waals surface area (Å²) < 4.78 is 0. The maximum absolute atomic E-state index is 11.7. The summed E-state index contributed by atoms with van der Waals surface area (Å²) in [7, 11) is 0. The Morgan fingerprint density at radius 2 is 2.06 bits per heavy atom. The Balaban J connectivity index is 4.12. The Hall–Kier alpha value is -1.36. The molecular formula is C11H20N2O3. The Labute approximate surface area is 96.1 Å². The monoisotopic (exact) mass is 228 g/mol. The Kier molecular flexibility index (Phi) is 6.41. The SMILES string of the molecule is C=C(C)CN(CC)C(=O)CN[C@@H](C)C(=O)O. The van der Waals surface area contributed by atoms with Gasteiger partial charge >= 0.3 is 5.97 Å². The van der Waals surface area contributed by atoms with Crippen LogP contribution in [0.25, 0.3) is 0 Å². The molecule has 92 valence electrons. The predicted molar refractivity (Wildman–Crippen MR) is 62.2 cm³/mol. The topological polar surface area (TPSA) is 69.6 Å². The van der Waals surface area contributed by atoms with Crippen LogP contribution < -0.4 is 5.32 Å². The number of hydrogen-bond acceptors (Lipinski definition) is 3. The number of hydrogen-bond donors (Lipinski definition) is 2. The van der Waals surface area contributed by atoms with Crippen molar-refractivity contribution < 1.29 is 14.7 Å². The molecule has 1 atom stereocenters. The van der Waals surface area contributed by atoms with Crippen molar-refractivity contribution in [3.05, 3.63) is 12.2 Å². The largest absolute Gasteiger partial charge is 0.480 e. The Morgan fingerprint density at radius 3 is 2.44 bits per heavy atom. The summed E-state index contributed by atoms with van der Waals surface area (Å²) in [6.07, 6.45) is 0. The Bertz CT molecular complexity index is 276. The lowest BCUT2D eigenvalue weighted by molar-refractivity contribution is -0.139. The molecule has 5 nitrogen and oxygen atoms in total.